The number of carbonyl (C=O) groups is 1. The molecule has 1 aliphatic rings. The van der Waals surface area contributed by atoms with Gasteiger partial charge in [0.15, 0.2) is 11.5 Å². The van der Waals surface area contributed by atoms with Gasteiger partial charge in [-0.3, -0.25) is 4.79 Å². The Kier molecular flexibility index (Phi) is 5.54. The van der Waals surface area contributed by atoms with Gasteiger partial charge in [0.05, 0.1) is 0 Å². The first-order chi connectivity index (χ1) is 15.7. The van der Waals surface area contributed by atoms with Gasteiger partial charge in [-0.15, -0.1) is 15.3 Å². The minimum Gasteiger partial charge on any atom is -0.355 e. The molecule has 2 aromatic heterocycles. The SMILES string of the molecule is Cc1ccc(CNC(=O)C2CCN(c3ccc4nnc(-c5ccccc5)n4n3)CC2)cc1. The first kappa shape index (κ1) is 20.2. The molecule has 162 valence electrons. The Bertz CT molecular complexity index is 1210. The van der Waals surface area contributed by atoms with Crippen LogP contribution >= 0.6 is 0 Å². The average Bonchev–Trinajstić information content (AvgIpc) is 3.27. The van der Waals surface area contributed by atoms with Crippen molar-refractivity contribution in [1.29, 1.82) is 0 Å². The number of fused-ring (bicyclic) bond motifs is 1. The molecule has 0 radical (unpaired) electrons. The van der Waals surface area contributed by atoms with Crippen LogP contribution in [-0.4, -0.2) is 38.8 Å². The molecule has 0 unspecified atom stereocenters. The molecule has 0 aliphatic carbocycles. The van der Waals surface area contributed by atoms with Gasteiger partial charge in [0.25, 0.3) is 0 Å². The van der Waals surface area contributed by atoms with Gasteiger partial charge in [0, 0.05) is 31.1 Å². The van der Waals surface area contributed by atoms with Crippen LogP contribution in [-0.2, 0) is 11.3 Å². The fourth-order valence-electron chi connectivity index (χ4n) is 4.13. The van der Waals surface area contributed by atoms with Gasteiger partial charge in [-0.2, -0.15) is 4.52 Å². The quantitative estimate of drug-likeness (QED) is 0.527. The van der Waals surface area contributed by atoms with E-state index in [0.717, 1.165) is 54.3 Å². The van der Waals surface area contributed by atoms with E-state index in [1.165, 1.54) is 5.56 Å². The smallest absolute Gasteiger partial charge is 0.223 e. The molecule has 0 bridgehead atoms. The third-order valence-electron chi connectivity index (χ3n) is 6.06. The summed E-state index contributed by atoms with van der Waals surface area (Å²) in [5.41, 5.74) is 4.05. The van der Waals surface area contributed by atoms with Gasteiger partial charge in [-0.1, -0.05) is 60.2 Å². The zero-order chi connectivity index (χ0) is 21.9. The van der Waals surface area contributed by atoms with Crippen molar-refractivity contribution in [3.05, 3.63) is 77.9 Å². The van der Waals surface area contributed by atoms with Crippen molar-refractivity contribution >= 4 is 17.4 Å². The number of nitrogens with one attached hydrogen (secondary N) is 1. The van der Waals surface area contributed by atoms with Crippen molar-refractivity contribution < 1.29 is 4.79 Å². The van der Waals surface area contributed by atoms with Gasteiger partial charge in [0.2, 0.25) is 5.91 Å². The predicted molar refractivity (Wildman–Crippen MR) is 124 cm³/mol. The lowest BCUT2D eigenvalue weighted by molar-refractivity contribution is -0.125. The van der Waals surface area contributed by atoms with E-state index in [2.05, 4.69) is 51.6 Å². The van der Waals surface area contributed by atoms with Crippen molar-refractivity contribution in [3.8, 4) is 11.4 Å². The molecular weight excluding hydrogens is 400 g/mol. The van der Waals surface area contributed by atoms with Crippen LogP contribution in [0.1, 0.15) is 24.0 Å². The van der Waals surface area contributed by atoms with Crippen molar-refractivity contribution in [2.75, 3.05) is 18.0 Å². The highest BCUT2D eigenvalue weighted by atomic mass is 16.1. The van der Waals surface area contributed by atoms with E-state index in [4.69, 9.17) is 5.10 Å². The van der Waals surface area contributed by atoms with Crippen LogP contribution in [0.4, 0.5) is 5.82 Å². The van der Waals surface area contributed by atoms with E-state index in [9.17, 15) is 4.79 Å². The summed E-state index contributed by atoms with van der Waals surface area (Å²) in [5, 5.41) is 16.5. The molecule has 2 aromatic carbocycles. The van der Waals surface area contributed by atoms with E-state index < -0.39 is 0 Å². The molecule has 4 aromatic rings. The monoisotopic (exact) mass is 426 g/mol. The Labute approximate surface area is 187 Å². The van der Waals surface area contributed by atoms with Gasteiger partial charge in [-0.05, 0) is 37.5 Å². The number of hydrogen-bond acceptors (Lipinski definition) is 5. The van der Waals surface area contributed by atoms with Gasteiger partial charge < -0.3 is 10.2 Å². The highest BCUT2D eigenvalue weighted by Crippen LogP contribution is 2.24. The summed E-state index contributed by atoms with van der Waals surface area (Å²) in [6, 6.07) is 22.2. The number of anilines is 1. The maximum Gasteiger partial charge on any atom is 0.223 e. The summed E-state index contributed by atoms with van der Waals surface area (Å²) in [7, 11) is 0. The van der Waals surface area contributed by atoms with Crippen molar-refractivity contribution in [2.45, 2.75) is 26.3 Å². The second-order valence-corrected chi connectivity index (χ2v) is 8.32. The Balaban J connectivity index is 1.23. The Morgan fingerprint density at radius 1 is 0.969 bits per heavy atom. The summed E-state index contributed by atoms with van der Waals surface area (Å²) in [6.07, 6.45) is 1.63. The highest BCUT2D eigenvalue weighted by Gasteiger charge is 2.26. The predicted octanol–water partition coefficient (Wildman–Crippen LogP) is 3.63. The van der Waals surface area contributed by atoms with Gasteiger partial charge >= 0.3 is 0 Å². The lowest BCUT2D eigenvalue weighted by Gasteiger charge is -2.32. The molecule has 32 heavy (non-hydrogen) atoms. The van der Waals surface area contributed by atoms with Crippen LogP contribution in [0.25, 0.3) is 17.0 Å². The summed E-state index contributed by atoms with van der Waals surface area (Å²) in [4.78, 5) is 14.9. The molecule has 1 saturated heterocycles. The summed E-state index contributed by atoms with van der Waals surface area (Å²) in [5.74, 6) is 1.79. The Morgan fingerprint density at radius 3 is 2.47 bits per heavy atom. The zero-order valence-corrected chi connectivity index (χ0v) is 18.1. The first-order valence-electron chi connectivity index (χ1n) is 11.0. The van der Waals surface area contributed by atoms with E-state index >= 15 is 0 Å². The maximum atomic E-state index is 12.7. The normalized spacial score (nSPS) is 14.6. The average molecular weight is 427 g/mol. The number of rotatable bonds is 5. The van der Waals surface area contributed by atoms with E-state index in [1.807, 2.05) is 42.5 Å². The van der Waals surface area contributed by atoms with Crippen molar-refractivity contribution in [3.63, 3.8) is 0 Å². The number of amides is 1. The fraction of sp³-hybridized carbons (Fsp3) is 0.280. The Hall–Kier alpha value is -3.74. The lowest BCUT2D eigenvalue weighted by atomic mass is 9.96. The summed E-state index contributed by atoms with van der Waals surface area (Å²) in [6.45, 7) is 4.23. The summed E-state index contributed by atoms with van der Waals surface area (Å²) >= 11 is 0. The third-order valence-corrected chi connectivity index (χ3v) is 6.06. The zero-order valence-electron chi connectivity index (χ0n) is 18.1. The van der Waals surface area contributed by atoms with Crippen LogP contribution in [0, 0.1) is 12.8 Å². The number of hydrogen-bond donors (Lipinski definition) is 1. The minimum atomic E-state index is 0.0372. The van der Waals surface area contributed by atoms with E-state index in [1.54, 1.807) is 4.52 Å². The highest BCUT2D eigenvalue weighted by molar-refractivity contribution is 5.79. The number of piperidine rings is 1. The van der Waals surface area contributed by atoms with Crippen LogP contribution < -0.4 is 10.2 Å². The van der Waals surface area contributed by atoms with Crippen LogP contribution in [0.2, 0.25) is 0 Å². The Morgan fingerprint density at radius 2 is 1.72 bits per heavy atom. The molecule has 1 aliphatic heterocycles. The van der Waals surface area contributed by atoms with Gasteiger partial charge in [-0.25, -0.2) is 0 Å². The number of carbonyl (C=O) groups excluding carboxylic acids is 1. The lowest BCUT2D eigenvalue weighted by Crippen LogP contribution is -2.40. The van der Waals surface area contributed by atoms with E-state index in [0.29, 0.717) is 6.54 Å². The van der Waals surface area contributed by atoms with Crippen LogP contribution in [0.3, 0.4) is 0 Å². The van der Waals surface area contributed by atoms with Gasteiger partial charge in [0.1, 0.15) is 5.82 Å². The first-order valence-corrected chi connectivity index (χ1v) is 11.0. The summed E-state index contributed by atoms with van der Waals surface area (Å²) < 4.78 is 1.80. The third kappa shape index (κ3) is 4.19. The number of benzene rings is 2. The van der Waals surface area contributed by atoms with Crippen molar-refractivity contribution in [2.24, 2.45) is 5.92 Å². The molecule has 0 spiro atoms. The van der Waals surface area contributed by atoms with Crippen LogP contribution in [0.15, 0.2) is 66.7 Å². The molecule has 1 fully saturated rings. The standard InChI is InChI=1S/C25H26N6O/c1-18-7-9-19(10-8-18)17-26-25(32)21-13-15-30(16-14-21)23-12-11-22-27-28-24(31(22)29-23)20-5-3-2-4-6-20/h2-12,21H,13-17H2,1H3,(H,26,32). The molecule has 0 atom stereocenters. The molecule has 0 saturated carbocycles. The van der Waals surface area contributed by atoms with Crippen LogP contribution in [0.5, 0.6) is 0 Å². The number of aryl methyl sites for hydroxylation is 1. The molecule has 5 rings (SSSR count). The fourth-order valence-corrected chi connectivity index (χ4v) is 4.13. The van der Waals surface area contributed by atoms with Crippen molar-refractivity contribution in [1.82, 2.24) is 25.1 Å². The molecule has 7 heteroatoms. The number of nitrogens with zero attached hydrogens (tertiary/aromatic N) is 5. The molecular formula is C25H26N6O. The maximum absolute atomic E-state index is 12.7. The molecule has 3 heterocycles. The molecule has 1 N–H and O–H groups in total. The van der Waals surface area contributed by atoms with E-state index in [-0.39, 0.29) is 11.8 Å². The molecule has 1 amide bonds. The molecule has 7 nitrogen and oxygen atoms in total. The second kappa shape index (κ2) is 8.78. The topological polar surface area (TPSA) is 75.4 Å². The largest absolute Gasteiger partial charge is 0.355 e. The second-order valence-electron chi connectivity index (χ2n) is 8.32. The number of aromatic nitrogens is 4. The minimum absolute atomic E-state index is 0.0372.